The van der Waals surface area contributed by atoms with Crippen LogP contribution in [-0.2, 0) is 19.2 Å². The fourth-order valence-electron chi connectivity index (χ4n) is 5.05. The van der Waals surface area contributed by atoms with E-state index in [0.717, 1.165) is 13.1 Å². The first-order valence-electron chi connectivity index (χ1n) is 11.9. The van der Waals surface area contributed by atoms with Gasteiger partial charge in [-0.15, -0.1) is 0 Å². The Morgan fingerprint density at radius 2 is 1.66 bits per heavy atom. The van der Waals surface area contributed by atoms with E-state index in [0.29, 0.717) is 54.8 Å². The van der Waals surface area contributed by atoms with Crippen LogP contribution in [0, 0.1) is 11.3 Å². The van der Waals surface area contributed by atoms with Gasteiger partial charge in [0.2, 0.25) is 5.91 Å². The topological polar surface area (TPSA) is 90.4 Å². The standard InChI is InChI=1S/C25H30Cl2N4O4/c1-25(2)13-21(32)17(22(33)14-25)15-28-5-6-29-7-9-30(10-8-29)20-12-23(34)31(24(20)35)16-3-4-18(26)19(27)11-16/h3-4,11,15,17,20H,5-10,12-14H2,1-2H3/t20-/m0/s1. The molecule has 2 aliphatic heterocycles. The molecule has 0 bridgehead atoms. The number of hydrogen-bond donors (Lipinski definition) is 0. The van der Waals surface area contributed by atoms with Crippen molar-refractivity contribution in [2.75, 3.05) is 44.2 Å². The molecule has 4 rings (SSSR count). The quantitative estimate of drug-likeness (QED) is 0.325. The lowest BCUT2D eigenvalue weighted by Gasteiger charge is -2.36. The molecular formula is C25H30Cl2N4O4. The van der Waals surface area contributed by atoms with E-state index in [1.165, 1.54) is 17.2 Å². The summed E-state index contributed by atoms with van der Waals surface area (Å²) >= 11 is 12.0. The number of aliphatic imine (C=N–C) groups is 1. The SMILES string of the molecule is CC1(C)CC(=O)C(C=NCCN2CCN([C@H]3CC(=O)N(c4ccc(Cl)c(Cl)c4)C3=O)CC2)C(=O)C1. The van der Waals surface area contributed by atoms with Crippen LogP contribution in [0.2, 0.25) is 10.0 Å². The second-order valence-electron chi connectivity index (χ2n) is 10.2. The summed E-state index contributed by atoms with van der Waals surface area (Å²) in [7, 11) is 0. The predicted octanol–water partition coefficient (Wildman–Crippen LogP) is 2.89. The van der Waals surface area contributed by atoms with Crippen LogP contribution >= 0.6 is 23.2 Å². The van der Waals surface area contributed by atoms with Crippen molar-refractivity contribution in [2.45, 2.75) is 39.2 Å². The Labute approximate surface area is 215 Å². The second-order valence-corrected chi connectivity index (χ2v) is 11.1. The van der Waals surface area contributed by atoms with E-state index in [1.54, 1.807) is 12.1 Å². The molecule has 1 aromatic carbocycles. The van der Waals surface area contributed by atoms with Gasteiger partial charge in [0.25, 0.3) is 5.91 Å². The minimum absolute atomic E-state index is 0.0469. The number of imide groups is 1. The van der Waals surface area contributed by atoms with Crippen molar-refractivity contribution in [1.82, 2.24) is 9.80 Å². The largest absolute Gasteiger partial charge is 0.299 e. The van der Waals surface area contributed by atoms with Crippen LogP contribution in [0.4, 0.5) is 5.69 Å². The molecule has 3 aliphatic rings. The average Bonchev–Trinajstić information content (AvgIpc) is 3.08. The van der Waals surface area contributed by atoms with E-state index < -0.39 is 12.0 Å². The molecule has 8 nitrogen and oxygen atoms in total. The zero-order valence-electron chi connectivity index (χ0n) is 20.0. The normalized spacial score (nSPS) is 24.8. The van der Waals surface area contributed by atoms with Crippen LogP contribution in [0.15, 0.2) is 23.2 Å². The van der Waals surface area contributed by atoms with Gasteiger partial charge in [0.05, 0.1) is 34.7 Å². The Morgan fingerprint density at radius 3 is 2.29 bits per heavy atom. The fourth-order valence-corrected chi connectivity index (χ4v) is 5.34. The summed E-state index contributed by atoms with van der Waals surface area (Å²) in [6, 6.07) is 4.26. The van der Waals surface area contributed by atoms with Gasteiger partial charge in [0.15, 0.2) is 0 Å². The number of amides is 2. The Bertz CT molecular complexity index is 1050. The summed E-state index contributed by atoms with van der Waals surface area (Å²) < 4.78 is 0. The molecule has 2 amide bonds. The summed E-state index contributed by atoms with van der Waals surface area (Å²) in [5.74, 6) is -1.28. The van der Waals surface area contributed by atoms with Crippen LogP contribution in [0.5, 0.6) is 0 Å². The highest BCUT2D eigenvalue weighted by Gasteiger charge is 2.43. The lowest BCUT2D eigenvalue weighted by molar-refractivity contribution is -0.136. The van der Waals surface area contributed by atoms with Gasteiger partial charge in [0.1, 0.15) is 17.5 Å². The van der Waals surface area contributed by atoms with Gasteiger partial charge in [0, 0.05) is 51.8 Å². The highest BCUT2D eigenvalue weighted by atomic mass is 35.5. The summed E-state index contributed by atoms with van der Waals surface area (Å²) in [6.07, 6.45) is 2.48. The molecule has 0 aromatic heterocycles. The van der Waals surface area contributed by atoms with E-state index in [1.807, 2.05) is 13.8 Å². The Morgan fingerprint density at radius 1 is 1.00 bits per heavy atom. The highest BCUT2D eigenvalue weighted by molar-refractivity contribution is 6.42. The Kier molecular flexibility index (Phi) is 7.76. The summed E-state index contributed by atoms with van der Waals surface area (Å²) in [5, 5.41) is 0.665. The third-order valence-electron chi connectivity index (χ3n) is 6.93. The molecule has 1 aliphatic carbocycles. The number of carbonyl (C=O) groups is 4. The van der Waals surface area contributed by atoms with Crippen molar-refractivity contribution < 1.29 is 19.2 Å². The molecule has 0 radical (unpaired) electrons. The Hall–Kier alpha value is -2.13. The van der Waals surface area contributed by atoms with Crippen molar-refractivity contribution >= 4 is 58.5 Å². The third kappa shape index (κ3) is 5.82. The molecule has 0 N–H and O–H groups in total. The molecule has 2 saturated heterocycles. The number of rotatable bonds is 6. The number of hydrogen-bond acceptors (Lipinski definition) is 7. The van der Waals surface area contributed by atoms with E-state index in [9.17, 15) is 19.2 Å². The van der Waals surface area contributed by atoms with Gasteiger partial charge in [-0.2, -0.15) is 0 Å². The molecule has 10 heteroatoms. The van der Waals surface area contributed by atoms with Crippen molar-refractivity contribution in [3.63, 3.8) is 0 Å². The minimum atomic E-state index is -0.704. The summed E-state index contributed by atoms with van der Waals surface area (Å²) in [6.45, 7) is 7.91. The second kappa shape index (κ2) is 10.5. The van der Waals surface area contributed by atoms with Gasteiger partial charge >= 0.3 is 0 Å². The monoisotopic (exact) mass is 520 g/mol. The van der Waals surface area contributed by atoms with Crippen molar-refractivity contribution in [3.8, 4) is 0 Å². The maximum Gasteiger partial charge on any atom is 0.251 e. The minimum Gasteiger partial charge on any atom is -0.299 e. The maximum atomic E-state index is 13.0. The van der Waals surface area contributed by atoms with Crippen molar-refractivity contribution in [1.29, 1.82) is 0 Å². The fraction of sp³-hybridized carbons (Fsp3) is 0.560. The first kappa shape index (κ1) is 25.9. The third-order valence-corrected chi connectivity index (χ3v) is 7.67. The van der Waals surface area contributed by atoms with Crippen LogP contribution in [-0.4, -0.2) is 84.7 Å². The predicted molar refractivity (Wildman–Crippen MR) is 135 cm³/mol. The van der Waals surface area contributed by atoms with Crippen LogP contribution < -0.4 is 4.90 Å². The van der Waals surface area contributed by atoms with E-state index >= 15 is 0 Å². The van der Waals surface area contributed by atoms with Gasteiger partial charge in [-0.3, -0.25) is 34.0 Å². The molecule has 1 atom stereocenters. The number of nitrogens with zero attached hydrogens (tertiary/aromatic N) is 4. The number of carbonyl (C=O) groups excluding carboxylic acids is 4. The molecule has 3 fully saturated rings. The molecule has 2 heterocycles. The van der Waals surface area contributed by atoms with Crippen molar-refractivity contribution in [3.05, 3.63) is 28.2 Å². The average molecular weight is 521 g/mol. The lowest BCUT2D eigenvalue weighted by atomic mass is 9.72. The number of piperazine rings is 1. The van der Waals surface area contributed by atoms with Gasteiger partial charge < -0.3 is 0 Å². The molecule has 0 spiro atoms. The molecule has 1 saturated carbocycles. The van der Waals surface area contributed by atoms with E-state index in [-0.39, 0.29) is 35.2 Å². The molecular weight excluding hydrogens is 491 g/mol. The maximum absolute atomic E-state index is 13.0. The number of anilines is 1. The smallest absolute Gasteiger partial charge is 0.251 e. The molecule has 35 heavy (non-hydrogen) atoms. The van der Waals surface area contributed by atoms with Crippen molar-refractivity contribution in [2.24, 2.45) is 16.3 Å². The van der Waals surface area contributed by atoms with Gasteiger partial charge in [-0.1, -0.05) is 37.0 Å². The lowest BCUT2D eigenvalue weighted by Crippen LogP contribution is -2.52. The summed E-state index contributed by atoms with van der Waals surface area (Å²) in [4.78, 5) is 60.1. The number of benzene rings is 1. The van der Waals surface area contributed by atoms with Gasteiger partial charge in [-0.25, -0.2) is 4.90 Å². The van der Waals surface area contributed by atoms with E-state index in [4.69, 9.17) is 23.2 Å². The molecule has 1 aromatic rings. The van der Waals surface area contributed by atoms with Gasteiger partial charge in [-0.05, 0) is 23.6 Å². The molecule has 0 unspecified atom stereocenters. The van der Waals surface area contributed by atoms with Crippen LogP contribution in [0.3, 0.4) is 0 Å². The number of halogens is 2. The number of Topliss-reactive ketones (excluding diaryl/α,β-unsaturated/α-hetero) is 2. The first-order valence-corrected chi connectivity index (χ1v) is 12.6. The summed E-state index contributed by atoms with van der Waals surface area (Å²) in [5.41, 5.74) is 0.175. The Balaban J connectivity index is 1.25. The highest BCUT2D eigenvalue weighted by Crippen LogP contribution is 2.33. The zero-order valence-corrected chi connectivity index (χ0v) is 21.5. The van der Waals surface area contributed by atoms with Crippen LogP contribution in [0.1, 0.15) is 33.1 Å². The van der Waals surface area contributed by atoms with E-state index in [2.05, 4.69) is 14.8 Å². The van der Waals surface area contributed by atoms with Crippen LogP contribution in [0.25, 0.3) is 0 Å². The molecule has 188 valence electrons. The first-order chi connectivity index (χ1) is 16.6. The number of ketones is 2. The zero-order chi connectivity index (χ0) is 25.3.